The van der Waals surface area contributed by atoms with Gasteiger partial charge in [0.05, 0.1) is 0 Å². The third-order valence-corrected chi connectivity index (χ3v) is 5.64. The molecular formula is C18H29NS. The van der Waals surface area contributed by atoms with Gasteiger partial charge in [0.15, 0.2) is 0 Å². The molecule has 0 spiro atoms. The molecule has 2 heteroatoms. The molecule has 0 amide bonds. The Kier molecular flexibility index (Phi) is 6.95. The van der Waals surface area contributed by atoms with Crippen LogP contribution in [0.4, 0.5) is 0 Å². The SMILES string of the molecule is CCCc1ccc(C(CSC2CCCC2)NCC)cc1. The number of benzene rings is 1. The predicted molar refractivity (Wildman–Crippen MR) is 91.6 cm³/mol. The first-order chi connectivity index (χ1) is 9.83. The van der Waals surface area contributed by atoms with Crippen LogP contribution in [0.1, 0.15) is 63.1 Å². The van der Waals surface area contributed by atoms with Crippen molar-refractivity contribution in [3.05, 3.63) is 35.4 Å². The molecule has 1 aliphatic rings. The van der Waals surface area contributed by atoms with Gasteiger partial charge in [0.1, 0.15) is 0 Å². The molecule has 1 aromatic rings. The van der Waals surface area contributed by atoms with E-state index in [0.717, 1.165) is 11.8 Å². The Morgan fingerprint density at radius 2 is 1.85 bits per heavy atom. The normalized spacial score (nSPS) is 17.5. The fraction of sp³-hybridized carbons (Fsp3) is 0.667. The van der Waals surface area contributed by atoms with Crippen LogP contribution in [-0.2, 0) is 6.42 Å². The van der Waals surface area contributed by atoms with Crippen LogP contribution in [0.15, 0.2) is 24.3 Å². The van der Waals surface area contributed by atoms with Crippen molar-refractivity contribution < 1.29 is 0 Å². The van der Waals surface area contributed by atoms with Gasteiger partial charge in [0.2, 0.25) is 0 Å². The molecular weight excluding hydrogens is 262 g/mol. The summed E-state index contributed by atoms with van der Waals surface area (Å²) in [5.74, 6) is 1.21. The summed E-state index contributed by atoms with van der Waals surface area (Å²) in [6.07, 6.45) is 8.17. The van der Waals surface area contributed by atoms with E-state index in [0.29, 0.717) is 6.04 Å². The number of nitrogens with one attached hydrogen (secondary N) is 1. The molecule has 1 saturated carbocycles. The second-order valence-electron chi connectivity index (χ2n) is 5.84. The van der Waals surface area contributed by atoms with Crippen molar-refractivity contribution in [1.29, 1.82) is 0 Å². The van der Waals surface area contributed by atoms with Gasteiger partial charge in [-0.05, 0) is 36.9 Å². The Balaban J connectivity index is 1.91. The summed E-state index contributed by atoms with van der Waals surface area (Å²) in [6.45, 7) is 5.50. The minimum atomic E-state index is 0.515. The van der Waals surface area contributed by atoms with E-state index in [1.165, 1.54) is 55.4 Å². The van der Waals surface area contributed by atoms with Gasteiger partial charge in [-0.1, -0.05) is 57.4 Å². The first-order valence-corrected chi connectivity index (χ1v) is 9.32. The zero-order valence-corrected chi connectivity index (χ0v) is 13.8. The van der Waals surface area contributed by atoms with Gasteiger partial charge < -0.3 is 5.32 Å². The molecule has 1 atom stereocenters. The molecule has 0 heterocycles. The maximum Gasteiger partial charge on any atom is 0.0411 e. The maximum absolute atomic E-state index is 3.65. The molecule has 1 nitrogen and oxygen atoms in total. The Bertz CT molecular complexity index is 368. The summed E-state index contributed by atoms with van der Waals surface area (Å²) in [5, 5.41) is 4.57. The minimum Gasteiger partial charge on any atom is -0.310 e. The van der Waals surface area contributed by atoms with E-state index in [4.69, 9.17) is 0 Å². The second kappa shape index (κ2) is 8.74. The Morgan fingerprint density at radius 1 is 1.15 bits per heavy atom. The summed E-state index contributed by atoms with van der Waals surface area (Å²) >= 11 is 2.18. The molecule has 0 saturated heterocycles. The number of hydrogen-bond donors (Lipinski definition) is 1. The molecule has 0 aliphatic heterocycles. The van der Waals surface area contributed by atoms with Crippen molar-refractivity contribution in [1.82, 2.24) is 5.32 Å². The highest BCUT2D eigenvalue weighted by molar-refractivity contribution is 7.99. The molecule has 2 rings (SSSR count). The smallest absolute Gasteiger partial charge is 0.0411 e. The van der Waals surface area contributed by atoms with E-state index in [1.54, 1.807) is 0 Å². The fourth-order valence-electron chi connectivity index (χ4n) is 3.01. The number of aryl methyl sites for hydroxylation is 1. The van der Waals surface area contributed by atoms with Crippen LogP contribution in [-0.4, -0.2) is 17.5 Å². The van der Waals surface area contributed by atoms with Crippen LogP contribution < -0.4 is 5.32 Å². The topological polar surface area (TPSA) is 12.0 Å². The first-order valence-electron chi connectivity index (χ1n) is 8.27. The maximum atomic E-state index is 3.65. The molecule has 1 aromatic carbocycles. The van der Waals surface area contributed by atoms with Crippen LogP contribution in [0.3, 0.4) is 0 Å². The van der Waals surface area contributed by atoms with Gasteiger partial charge in [-0.15, -0.1) is 0 Å². The number of rotatable bonds is 8. The van der Waals surface area contributed by atoms with Gasteiger partial charge in [-0.3, -0.25) is 0 Å². The van der Waals surface area contributed by atoms with Crippen molar-refractivity contribution in [2.75, 3.05) is 12.3 Å². The van der Waals surface area contributed by atoms with Crippen molar-refractivity contribution in [2.24, 2.45) is 0 Å². The monoisotopic (exact) mass is 291 g/mol. The lowest BCUT2D eigenvalue weighted by Gasteiger charge is -2.20. The van der Waals surface area contributed by atoms with Crippen molar-refractivity contribution in [3.8, 4) is 0 Å². The third-order valence-electron chi connectivity index (χ3n) is 4.17. The molecule has 0 aromatic heterocycles. The molecule has 20 heavy (non-hydrogen) atoms. The van der Waals surface area contributed by atoms with Crippen molar-refractivity contribution in [2.45, 2.75) is 63.7 Å². The van der Waals surface area contributed by atoms with Gasteiger partial charge in [0, 0.05) is 17.0 Å². The van der Waals surface area contributed by atoms with Crippen LogP contribution in [0.2, 0.25) is 0 Å². The lowest BCUT2D eigenvalue weighted by Crippen LogP contribution is -2.23. The van der Waals surface area contributed by atoms with E-state index in [9.17, 15) is 0 Å². The van der Waals surface area contributed by atoms with Gasteiger partial charge in [0.25, 0.3) is 0 Å². The van der Waals surface area contributed by atoms with E-state index in [1.807, 2.05) is 0 Å². The second-order valence-corrected chi connectivity index (χ2v) is 7.17. The van der Waals surface area contributed by atoms with E-state index < -0.39 is 0 Å². The molecule has 1 unspecified atom stereocenters. The lowest BCUT2D eigenvalue weighted by atomic mass is 10.0. The van der Waals surface area contributed by atoms with Crippen molar-refractivity contribution in [3.63, 3.8) is 0 Å². The molecule has 0 radical (unpaired) electrons. The van der Waals surface area contributed by atoms with Crippen LogP contribution in [0.25, 0.3) is 0 Å². The molecule has 1 N–H and O–H groups in total. The highest BCUT2D eigenvalue weighted by Gasteiger charge is 2.18. The molecule has 1 fully saturated rings. The molecule has 0 bridgehead atoms. The van der Waals surface area contributed by atoms with Crippen LogP contribution in [0, 0.1) is 0 Å². The third kappa shape index (κ3) is 4.82. The summed E-state index contributed by atoms with van der Waals surface area (Å²) < 4.78 is 0. The zero-order chi connectivity index (χ0) is 14.2. The van der Waals surface area contributed by atoms with Gasteiger partial charge in [-0.25, -0.2) is 0 Å². The Morgan fingerprint density at radius 3 is 2.45 bits per heavy atom. The standard InChI is InChI=1S/C18H29NS/c1-3-7-15-10-12-16(13-11-15)18(19-4-2)14-20-17-8-5-6-9-17/h10-13,17-19H,3-9,14H2,1-2H3. The summed E-state index contributed by atoms with van der Waals surface area (Å²) in [5.41, 5.74) is 2.92. The van der Waals surface area contributed by atoms with Gasteiger partial charge >= 0.3 is 0 Å². The van der Waals surface area contributed by atoms with E-state index in [2.05, 4.69) is 55.2 Å². The highest BCUT2D eigenvalue weighted by atomic mass is 32.2. The lowest BCUT2D eigenvalue weighted by molar-refractivity contribution is 0.604. The number of thioether (sulfide) groups is 1. The van der Waals surface area contributed by atoms with Crippen molar-refractivity contribution >= 4 is 11.8 Å². The fourth-order valence-corrected chi connectivity index (χ4v) is 4.45. The van der Waals surface area contributed by atoms with E-state index in [-0.39, 0.29) is 0 Å². The average Bonchev–Trinajstić information content (AvgIpc) is 2.98. The van der Waals surface area contributed by atoms with Crippen LogP contribution in [0.5, 0.6) is 0 Å². The summed E-state index contributed by atoms with van der Waals surface area (Å²) in [4.78, 5) is 0. The minimum absolute atomic E-state index is 0.515. The summed E-state index contributed by atoms with van der Waals surface area (Å²) in [7, 11) is 0. The number of hydrogen-bond acceptors (Lipinski definition) is 2. The zero-order valence-electron chi connectivity index (χ0n) is 13.0. The Labute approximate surface area is 128 Å². The Hall–Kier alpha value is -0.470. The predicted octanol–water partition coefficient (Wildman–Crippen LogP) is 4.97. The average molecular weight is 292 g/mol. The largest absolute Gasteiger partial charge is 0.310 e. The highest BCUT2D eigenvalue weighted by Crippen LogP contribution is 2.32. The molecule has 112 valence electrons. The van der Waals surface area contributed by atoms with Gasteiger partial charge in [-0.2, -0.15) is 11.8 Å². The van der Waals surface area contributed by atoms with Crippen LogP contribution >= 0.6 is 11.8 Å². The quantitative estimate of drug-likeness (QED) is 0.726. The molecule has 1 aliphatic carbocycles. The first kappa shape index (κ1) is 15.9. The summed E-state index contributed by atoms with van der Waals surface area (Å²) in [6, 6.07) is 9.79. The van der Waals surface area contributed by atoms with E-state index >= 15 is 0 Å².